The minimum absolute atomic E-state index is 0.197. The molecule has 2 aromatic carbocycles. The molecule has 3 rings (SSSR count). The molecule has 4 nitrogen and oxygen atoms in total. The van der Waals surface area contributed by atoms with E-state index in [2.05, 4.69) is 10.3 Å². The third kappa shape index (κ3) is 3.13. The lowest BCUT2D eigenvalue weighted by Gasteiger charge is -2.12. The predicted molar refractivity (Wildman–Crippen MR) is 87.5 cm³/mol. The summed E-state index contributed by atoms with van der Waals surface area (Å²) in [5.41, 5.74) is 3.19. The van der Waals surface area contributed by atoms with Crippen molar-refractivity contribution in [2.75, 3.05) is 12.4 Å². The highest BCUT2D eigenvalue weighted by Crippen LogP contribution is 2.28. The first-order chi connectivity index (χ1) is 11.1. The molecule has 1 aromatic heterocycles. The van der Waals surface area contributed by atoms with Gasteiger partial charge in [-0.15, -0.1) is 0 Å². The molecule has 116 valence electrons. The van der Waals surface area contributed by atoms with Crippen LogP contribution in [0.3, 0.4) is 0 Å². The van der Waals surface area contributed by atoms with Crippen LogP contribution in [0.2, 0.25) is 0 Å². The molecular formula is C18H15FN2O2. The molecule has 0 fully saturated rings. The van der Waals surface area contributed by atoms with E-state index in [1.54, 1.807) is 18.2 Å². The molecule has 0 saturated heterocycles. The summed E-state index contributed by atoms with van der Waals surface area (Å²) < 4.78 is 18.1. The van der Waals surface area contributed by atoms with Crippen LogP contribution in [-0.4, -0.2) is 18.1 Å². The summed E-state index contributed by atoms with van der Waals surface area (Å²) in [6.07, 6.45) is 0. The van der Waals surface area contributed by atoms with E-state index in [9.17, 15) is 9.18 Å². The number of rotatable bonds is 3. The molecule has 0 spiro atoms. The van der Waals surface area contributed by atoms with Crippen LogP contribution < -0.4 is 5.32 Å². The fourth-order valence-electron chi connectivity index (χ4n) is 2.37. The van der Waals surface area contributed by atoms with Gasteiger partial charge in [-0.1, -0.05) is 17.7 Å². The fraction of sp³-hybridized carbons (Fsp3) is 0.111. The largest absolute Gasteiger partial charge is 0.464 e. The maximum Gasteiger partial charge on any atom is 0.356 e. The molecule has 0 aliphatic carbocycles. The molecule has 5 heteroatoms. The van der Waals surface area contributed by atoms with E-state index >= 15 is 0 Å². The number of fused-ring (bicyclic) bond motifs is 1. The van der Waals surface area contributed by atoms with Crippen molar-refractivity contribution in [2.24, 2.45) is 0 Å². The number of methoxy groups -OCH3 is 1. The van der Waals surface area contributed by atoms with E-state index in [0.717, 1.165) is 10.9 Å². The predicted octanol–water partition coefficient (Wildman–Crippen LogP) is 4.21. The van der Waals surface area contributed by atoms with Crippen LogP contribution in [0.15, 0.2) is 48.5 Å². The zero-order chi connectivity index (χ0) is 16.4. The third-order valence-electron chi connectivity index (χ3n) is 3.46. The lowest BCUT2D eigenvalue weighted by Crippen LogP contribution is -2.06. The molecule has 0 aliphatic heterocycles. The first kappa shape index (κ1) is 15.0. The number of hydrogen-bond donors (Lipinski definition) is 1. The number of carbonyl (C=O) groups is 1. The van der Waals surface area contributed by atoms with E-state index in [1.807, 2.05) is 25.1 Å². The summed E-state index contributed by atoms with van der Waals surface area (Å²) in [6, 6.07) is 13.5. The van der Waals surface area contributed by atoms with Gasteiger partial charge in [0.25, 0.3) is 0 Å². The molecular weight excluding hydrogens is 295 g/mol. The average molecular weight is 310 g/mol. The number of anilines is 2. The Morgan fingerprint density at radius 3 is 2.74 bits per heavy atom. The maximum atomic E-state index is 13.4. The number of aryl methyl sites for hydroxylation is 1. The standard InChI is InChI=1S/C18H15FN2O2/c1-11-6-7-15-14(8-11)16(10-17(21-15)18(22)23-2)20-13-5-3-4-12(19)9-13/h3-10H,1-2H3,(H,20,21). The summed E-state index contributed by atoms with van der Waals surface area (Å²) in [4.78, 5) is 16.1. The zero-order valence-corrected chi connectivity index (χ0v) is 12.8. The number of ether oxygens (including phenoxy) is 1. The van der Waals surface area contributed by atoms with Gasteiger partial charge in [-0.05, 0) is 43.3 Å². The van der Waals surface area contributed by atoms with Crippen LogP contribution in [0.5, 0.6) is 0 Å². The number of esters is 1. The van der Waals surface area contributed by atoms with Crippen LogP contribution in [-0.2, 0) is 4.74 Å². The zero-order valence-electron chi connectivity index (χ0n) is 12.8. The normalized spacial score (nSPS) is 10.6. The van der Waals surface area contributed by atoms with Crippen molar-refractivity contribution in [1.29, 1.82) is 0 Å². The van der Waals surface area contributed by atoms with Crippen LogP contribution in [0.25, 0.3) is 10.9 Å². The van der Waals surface area contributed by atoms with Gasteiger partial charge in [0, 0.05) is 11.1 Å². The molecule has 0 saturated carbocycles. The van der Waals surface area contributed by atoms with Crippen molar-refractivity contribution < 1.29 is 13.9 Å². The first-order valence-electron chi connectivity index (χ1n) is 7.09. The van der Waals surface area contributed by atoms with Gasteiger partial charge in [0.15, 0.2) is 5.69 Å². The summed E-state index contributed by atoms with van der Waals surface area (Å²) in [5.74, 6) is -0.854. The Bertz CT molecular complexity index is 893. The van der Waals surface area contributed by atoms with Crippen molar-refractivity contribution in [3.63, 3.8) is 0 Å². The van der Waals surface area contributed by atoms with E-state index in [-0.39, 0.29) is 11.5 Å². The molecule has 1 N–H and O–H groups in total. The van der Waals surface area contributed by atoms with Gasteiger partial charge in [-0.3, -0.25) is 0 Å². The molecule has 1 heterocycles. The van der Waals surface area contributed by atoms with E-state index in [1.165, 1.54) is 19.2 Å². The Kier molecular flexibility index (Phi) is 3.93. The van der Waals surface area contributed by atoms with Gasteiger partial charge in [0.05, 0.1) is 18.3 Å². The maximum absolute atomic E-state index is 13.4. The number of hydrogen-bond acceptors (Lipinski definition) is 4. The molecule has 0 aliphatic rings. The van der Waals surface area contributed by atoms with Crippen LogP contribution in [0, 0.1) is 12.7 Å². The van der Waals surface area contributed by atoms with Gasteiger partial charge < -0.3 is 10.1 Å². The molecule has 0 amide bonds. The van der Waals surface area contributed by atoms with Gasteiger partial charge >= 0.3 is 5.97 Å². The summed E-state index contributed by atoms with van der Waals surface area (Å²) in [6.45, 7) is 1.97. The quantitative estimate of drug-likeness (QED) is 0.736. The Morgan fingerprint density at radius 2 is 2.00 bits per heavy atom. The third-order valence-corrected chi connectivity index (χ3v) is 3.46. The second-order valence-electron chi connectivity index (χ2n) is 5.20. The second kappa shape index (κ2) is 6.04. The molecule has 0 bridgehead atoms. The number of halogens is 1. The Balaban J connectivity index is 2.15. The number of pyridine rings is 1. The summed E-state index contributed by atoms with van der Waals surface area (Å²) >= 11 is 0. The van der Waals surface area contributed by atoms with Crippen molar-refractivity contribution in [3.05, 3.63) is 65.6 Å². The molecule has 0 radical (unpaired) electrons. The van der Waals surface area contributed by atoms with Crippen molar-refractivity contribution >= 4 is 28.2 Å². The topological polar surface area (TPSA) is 51.2 Å². The van der Waals surface area contributed by atoms with Gasteiger partial charge in [0.2, 0.25) is 0 Å². The molecule has 23 heavy (non-hydrogen) atoms. The first-order valence-corrected chi connectivity index (χ1v) is 7.09. The lowest BCUT2D eigenvalue weighted by molar-refractivity contribution is 0.0594. The van der Waals surface area contributed by atoms with Gasteiger partial charge in [-0.25, -0.2) is 14.2 Å². The molecule has 3 aromatic rings. The van der Waals surface area contributed by atoms with Gasteiger partial charge in [-0.2, -0.15) is 0 Å². The smallest absolute Gasteiger partial charge is 0.356 e. The fourth-order valence-corrected chi connectivity index (χ4v) is 2.37. The number of benzene rings is 2. The van der Waals surface area contributed by atoms with Crippen LogP contribution >= 0.6 is 0 Å². The number of carbonyl (C=O) groups excluding carboxylic acids is 1. The monoisotopic (exact) mass is 310 g/mol. The van der Waals surface area contributed by atoms with Crippen molar-refractivity contribution in [3.8, 4) is 0 Å². The number of aromatic nitrogens is 1. The SMILES string of the molecule is COC(=O)c1cc(Nc2cccc(F)c2)c2cc(C)ccc2n1. The Labute approximate surface area is 132 Å². The highest BCUT2D eigenvalue weighted by atomic mass is 19.1. The number of nitrogens with one attached hydrogen (secondary N) is 1. The van der Waals surface area contributed by atoms with E-state index < -0.39 is 5.97 Å². The van der Waals surface area contributed by atoms with E-state index in [4.69, 9.17) is 4.74 Å². The lowest BCUT2D eigenvalue weighted by atomic mass is 10.1. The average Bonchev–Trinajstić information content (AvgIpc) is 2.54. The minimum Gasteiger partial charge on any atom is -0.464 e. The summed E-state index contributed by atoms with van der Waals surface area (Å²) in [7, 11) is 1.31. The van der Waals surface area contributed by atoms with E-state index in [0.29, 0.717) is 16.9 Å². The number of nitrogens with zero attached hydrogens (tertiary/aromatic N) is 1. The molecule has 0 unspecified atom stereocenters. The van der Waals surface area contributed by atoms with Crippen molar-refractivity contribution in [2.45, 2.75) is 6.92 Å². The Morgan fingerprint density at radius 1 is 1.17 bits per heavy atom. The Hall–Kier alpha value is -2.95. The minimum atomic E-state index is -0.519. The van der Waals surface area contributed by atoms with Gasteiger partial charge in [0.1, 0.15) is 5.82 Å². The second-order valence-corrected chi connectivity index (χ2v) is 5.20. The highest BCUT2D eigenvalue weighted by Gasteiger charge is 2.13. The molecule has 0 atom stereocenters. The summed E-state index contributed by atoms with van der Waals surface area (Å²) in [5, 5.41) is 4.00. The van der Waals surface area contributed by atoms with Crippen LogP contribution in [0.1, 0.15) is 16.1 Å². The highest BCUT2D eigenvalue weighted by molar-refractivity contribution is 5.99. The van der Waals surface area contributed by atoms with Crippen LogP contribution in [0.4, 0.5) is 15.8 Å². The van der Waals surface area contributed by atoms with Crippen molar-refractivity contribution in [1.82, 2.24) is 4.98 Å².